The van der Waals surface area contributed by atoms with E-state index < -0.39 is 11.6 Å². The number of carbonyl (C=O) groups is 1. The Morgan fingerprint density at radius 1 is 1.47 bits per heavy atom. The number of esters is 1. The van der Waals surface area contributed by atoms with Gasteiger partial charge < -0.3 is 15.2 Å². The zero-order valence-corrected chi connectivity index (χ0v) is 10.0. The number of ether oxygens (including phenoxy) is 2. The molecule has 0 bridgehead atoms. The quantitative estimate of drug-likeness (QED) is 0.415. The number of allylic oxidation sites excluding steroid dienone is 1. The minimum Gasteiger partial charge on any atom is -0.454 e. The summed E-state index contributed by atoms with van der Waals surface area (Å²) in [4.78, 5) is 11.3. The molecule has 0 aromatic heterocycles. The molecule has 0 unspecified atom stereocenters. The highest BCUT2D eigenvalue weighted by Crippen LogP contribution is 2.10. The molecule has 4 heteroatoms. The highest BCUT2D eigenvalue weighted by molar-refractivity contribution is 5.82. The fourth-order valence-electron chi connectivity index (χ4n) is 0.979. The van der Waals surface area contributed by atoms with E-state index in [1.807, 2.05) is 6.92 Å². The molecule has 0 fully saturated rings. The van der Waals surface area contributed by atoms with Gasteiger partial charge in [0.2, 0.25) is 0 Å². The number of rotatable bonds is 6. The Balaban J connectivity index is 4.01. The van der Waals surface area contributed by atoms with Gasteiger partial charge in [0.1, 0.15) is 5.60 Å². The van der Waals surface area contributed by atoms with Gasteiger partial charge in [0.25, 0.3) is 0 Å². The first-order valence-electron chi connectivity index (χ1n) is 5.12. The SMILES string of the molecule is CCCOCC(C)(C)OC(=O)C=C(C)N. The first kappa shape index (κ1) is 14.0. The maximum Gasteiger partial charge on any atom is 0.333 e. The van der Waals surface area contributed by atoms with Crippen LogP contribution in [-0.2, 0) is 14.3 Å². The lowest BCUT2D eigenvalue weighted by atomic mass is 10.1. The zero-order valence-electron chi connectivity index (χ0n) is 10.0. The molecule has 0 rings (SSSR count). The van der Waals surface area contributed by atoms with E-state index in [4.69, 9.17) is 15.2 Å². The van der Waals surface area contributed by atoms with Gasteiger partial charge >= 0.3 is 5.97 Å². The predicted octanol–water partition coefficient (Wildman–Crippen LogP) is 1.60. The van der Waals surface area contributed by atoms with Crippen LogP contribution in [-0.4, -0.2) is 24.8 Å². The van der Waals surface area contributed by atoms with Gasteiger partial charge in [-0.05, 0) is 27.2 Å². The molecule has 0 saturated heterocycles. The first-order chi connectivity index (χ1) is 6.87. The lowest BCUT2D eigenvalue weighted by molar-refractivity contribution is -0.155. The van der Waals surface area contributed by atoms with Crippen molar-refractivity contribution in [2.45, 2.75) is 39.7 Å². The van der Waals surface area contributed by atoms with Crippen LogP contribution in [0.1, 0.15) is 34.1 Å². The second-order valence-electron chi connectivity index (χ2n) is 4.12. The molecule has 0 atom stereocenters. The fraction of sp³-hybridized carbons (Fsp3) is 0.727. The third kappa shape index (κ3) is 8.00. The average molecular weight is 215 g/mol. The van der Waals surface area contributed by atoms with Gasteiger partial charge in [-0.2, -0.15) is 0 Å². The van der Waals surface area contributed by atoms with Crippen LogP contribution in [0.3, 0.4) is 0 Å². The van der Waals surface area contributed by atoms with Crippen LogP contribution >= 0.6 is 0 Å². The van der Waals surface area contributed by atoms with Crippen LogP contribution in [0.5, 0.6) is 0 Å². The summed E-state index contributed by atoms with van der Waals surface area (Å²) in [5, 5.41) is 0. The van der Waals surface area contributed by atoms with Crippen LogP contribution in [0.25, 0.3) is 0 Å². The molecule has 2 N–H and O–H groups in total. The maximum absolute atomic E-state index is 11.3. The molecule has 0 saturated carbocycles. The minimum absolute atomic E-state index is 0.393. The highest BCUT2D eigenvalue weighted by atomic mass is 16.6. The number of hydrogen-bond donors (Lipinski definition) is 1. The van der Waals surface area contributed by atoms with Gasteiger partial charge in [0.05, 0.1) is 6.61 Å². The normalized spacial score (nSPS) is 12.7. The number of nitrogens with two attached hydrogens (primary N) is 1. The van der Waals surface area contributed by atoms with E-state index in [1.54, 1.807) is 20.8 Å². The second-order valence-corrected chi connectivity index (χ2v) is 4.12. The Bertz CT molecular complexity index is 230. The molecule has 0 aliphatic heterocycles. The predicted molar refractivity (Wildman–Crippen MR) is 59.2 cm³/mol. The highest BCUT2D eigenvalue weighted by Gasteiger charge is 2.22. The Hall–Kier alpha value is -1.03. The molecule has 0 aliphatic rings. The Labute approximate surface area is 91.4 Å². The van der Waals surface area contributed by atoms with Gasteiger partial charge in [0, 0.05) is 18.4 Å². The van der Waals surface area contributed by atoms with Crippen molar-refractivity contribution >= 4 is 5.97 Å². The maximum atomic E-state index is 11.3. The Morgan fingerprint density at radius 3 is 2.53 bits per heavy atom. The van der Waals surface area contributed by atoms with Crippen LogP contribution in [0.4, 0.5) is 0 Å². The third-order valence-electron chi connectivity index (χ3n) is 1.52. The molecule has 15 heavy (non-hydrogen) atoms. The molecule has 0 aliphatic carbocycles. The average Bonchev–Trinajstić information content (AvgIpc) is 2.00. The van der Waals surface area contributed by atoms with E-state index >= 15 is 0 Å². The fourth-order valence-corrected chi connectivity index (χ4v) is 0.979. The van der Waals surface area contributed by atoms with Gasteiger partial charge in [-0.25, -0.2) is 4.79 Å². The van der Waals surface area contributed by atoms with Crippen molar-refractivity contribution in [3.8, 4) is 0 Å². The molecule has 88 valence electrons. The van der Waals surface area contributed by atoms with E-state index in [1.165, 1.54) is 6.08 Å². The monoisotopic (exact) mass is 215 g/mol. The Kier molecular flexibility index (Phi) is 6.01. The van der Waals surface area contributed by atoms with E-state index in [2.05, 4.69) is 0 Å². The van der Waals surface area contributed by atoms with Gasteiger partial charge in [-0.3, -0.25) is 0 Å². The number of carbonyl (C=O) groups excluding carboxylic acids is 1. The standard InChI is InChI=1S/C11H21NO3/c1-5-6-14-8-11(3,4)15-10(13)7-9(2)12/h7H,5-6,8,12H2,1-4H3. The van der Waals surface area contributed by atoms with Crippen molar-refractivity contribution in [3.05, 3.63) is 11.8 Å². The van der Waals surface area contributed by atoms with Crippen molar-refractivity contribution in [3.63, 3.8) is 0 Å². The van der Waals surface area contributed by atoms with Crippen molar-refractivity contribution in [2.75, 3.05) is 13.2 Å². The minimum atomic E-state index is -0.613. The molecule has 4 nitrogen and oxygen atoms in total. The third-order valence-corrected chi connectivity index (χ3v) is 1.52. The van der Waals surface area contributed by atoms with Gasteiger partial charge in [0.15, 0.2) is 0 Å². The van der Waals surface area contributed by atoms with Crippen molar-refractivity contribution < 1.29 is 14.3 Å². The summed E-state index contributed by atoms with van der Waals surface area (Å²) in [5.41, 5.74) is 5.19. The largest absolute Gasteiger partial charge is 0.454 e. The number of hydrogen-bond acceptors (Lipinski definition) is 4. The van der Waals surface area contributed by atoms with E-state index in [0.29, 0.717) is 18.9 Å². The lowest BCUT2D eigenvalue weighted by Crippen LogP contribution is -2.33. The smallest absolute Gasteiger partial charge is 0.333 e. The van der Waals surface area contributed by atoms with Crippen molar-refractivity contribution in [1.29, 1.82) is 0 Å². The summed E-state index contributed by atoms with van der Waals surface area (Å²) in [5.74, 6) is -0.430. The summed E-state index contributed by atoms with van der Waals surface area (Å²) < 4.78 is 10.5. The van der Waals surface area contributed by atoms with Crippen LogP contribution < -0.4 is 5.73 Å². The molecule has 0 spiro atoms. The van der Waals surface area contributed by atoms with Gasteiger partial charge in [-0.1, -0.05) is 6.92 Å². The van der Waals surface area contributed by atoms with E-state index in [0.717, 1.165) is 6.42 Å². The van der Waals surface area contributed by atoms with Crippen LogP contribution in [0, 0.1) is 0 Å². The molecule has 0 aromatic carbocycles. The molecule has 0 aromatic rings. The topological polar surface area (TPSA) is 61.5 Å². The molecule has 0 heterocycles. The zero-order chi connectivity index (χ0) is 11.9. The summed E-state index contributed by atoms with van der Waals surface area (Å²) >= 11 is 0. The molecular weight excluding hydrogens is 194 g/mol. The molecule has 0 radical (unpaired) electrons. The van der Waals surface area contributed by atoms with E-state index in [-0.39, 0.29) is 0 Å². The lowest BCUT2D eigenvalue weighted by Gasteiger charge is -2.24. The summed E-state index contributed by atoms with van der Waals surface area (Å²) in [7, 11) is 0. The molecular formula is C11H21NO3. The van der Waals surface area contributed by atoms with E-state index in [9.17, 15) is 4.79 Å². The Morgan fingerprint density at radius 2 is 2.07 bits per heavy atom. The second kappa shape index (κ2) is 6.45. The molecule has 0 amide bonds. The summed E-state index contributed by atoms with van der Waals surface area (Å²) in [6.07, 6.45) is 2.22. The summed E-state index contributed by atoms with van der Waals surface area (Å²) in [6.45, 7) is 8.35. The van der Waals surface area contributed by atoms with Crippen LogP contribution in [0.2, 0.25) is 0 Å². The van der Waals surface area contributed by atoms with Crippen molar-refractivity contribution in [1.82, 2.24) is 0 Å². The first-order valence-corrected chi connectivity index (χ1v) is 5.12. The summed E-state index contributed by atoms with van der Waals surface area (Å²) in [6, 6.07) is 0. The van der Waals surface area contributed by atoms with Gasteiger partial charge in [-0.15, -0.1) is 0 Å². The van der Waals surface area contributed by atoms with Crippen molar-refractivity contribution in [2.24, 2.45) is 5.73 Å². The van der Waals surface area contributed by atoms with Crippen LogP contribution in [0.15, 0.2) is 11.8 Å².